The van der Waals surface area contributed by atoms with E-state index in [2.05, 4.69) is 26.1 Å². The largest absolute Gasteiger partial charge is 0.497 e. The van der Waals surface area contributed by atoms with E-state index < -0.39 is 17.1 Å². The summed E-state index contributed by atoms with van der Waals surface area (Å²) in [4.78, 5) is 56.1. The van der Waals surface area contributed by atoms with E-state index in [0.717, 1.165) is 22.5 Å². The molecule has 1 N–H and O–H groups in total. The first-order valence-electron chi connectivity index (χ1n) is 13.9. The first-order valence-corrected chi connectivity index (χ1v) is 15.6. The van der Waals surface area contributed by atoms with Gasteiger partial charge in [0.05, 0.1) is 23.7 Å². The van der Waals surface area contributed by atoms with Crippen molar-refractivity contribution < 1.29 is 19.1 Å². The predicted molar refractivity (Wildman–Crippen MR) is 169 cm³/mol. The van der Waals surface area contributed by atoms with Gasteiger partial charge in [0.25, 0.3) is 0 Å². The van der Waals surface area contributed by atoms with E-state index in [0.29, 0.717) is 27.0 Å². The number of aromatic nitrogens is 1. The van der Waals surface area contributed by atoms with Crippen LogP contribution in [0, 0.1) is 5.92 Å². The van der Waals surface area contributed by atoms with Gasteiger partial charge in [0.2, 0.25) is 17.7 Å². The number of nitrogens with zero attached hydrogens (tertiary/aromatic N) is 2. The quantitative estimate of drug-likeness (QED) is 0.282. The molecule has 3 atom stereocenters. The maximum Gasteiger partial charge on any atom is 0.308 e. The number of carbonyl (C=O) groups is 3. The summed E-state index contributed by atoms with van der Waals surface area (Å²) < 4.78 is 6.61. The normalized spacial score (nSPS) is 19.6. The van der Waals surface area contributed by atoms with Crippen molar-refractivity contribution in [2.45, 2.75) is 48.9 Å². The number of benzene rings is 3. The van der Waals surface area contributed by atoms with E-state index in [1.54, 1.807) is 55.6 Å². The second kappa shape index (κ2) is 11.2. The highest BCUT2D eigenvalue weighted by molar-refractivity contribution is 8.00. The maximum atomic E-state index is 14.0. The molecule has 1 saturated heterocycles. The summed E-state index contributed by atoms with van der Waals surface area (Å²) in [5.41, 5.74) is 3.02. The van der Waals surface area contributed by atoms with Crippen LogP contribution in [0.25, 0.3) is 0 Å². The Balaban J connectivity index is 1.40. The SMILES string of the molecule is COc1ccc(NC(=O)Cn2c3c(sc2=O)[C@@H](c2ccc(C(C)(C)C)cc2)[C@@H]2C(=O)N(c4ccccc4)C(=O)[C@@H]2S3)cc1. The minimum absolute atomic E-state index is 0.0662. The third kappa shape index (κ3) is 5.29. The highest BCUT2D eigenvalue weighted by atomic mass is 32.2. The summed E-state index contributed by atoms with van der Waals surface area (Å²) in [6, 6.07) is 23.9. The molecule has 0 spiro atoms. The summed E-state index contributed by atoms with van der Waals surface area (Å²) in [7, 11) is 1.57. The Hall–Kier alpha value is -4.15. The van der Waals surface area contributed by atoms with Crippen LogP contribution in [-0.4, -0.2) is 34.6 Å². The molecule has 1 aromatic heterocycles. The summed E-state index contributed by atoms with van der Waals surface area (Å²) in [5.74, 6) is -1.51. The van der Waals surface area contributed by atoms with Crippen molar-refractivity contribution in [3.63, 3.8) is 0 Å². The van der Waals surface area contributed by atoms with Gasteiger partial charge in [-0.2, -0.15) is 0 Å². The number of hydrogen-bond acceptors (Lipinski definition) is 7. The lowest BCUT2D eigenvalue weighted by atomic mass is 9.81. The lowest BCUT2D eigenvalue weighted by Crippen LogP contribution is -2.33. The van der Waals surface area contributed by atoms with Crippen molar-refractivity contribution in [1.29, 1.82) is 0 Å². The Morgan fingerprint density at radius 2 is 1.58 bits per heavy atom. The van der Waals surface area contributed by atoms with E-state index in [1.165, 1.54) is 21.2 Å². The average Bonchev–Trinajstić information content (AvgIpc) is 3.43. The smallest absolute Gasteiger partial charge is 0.308 e. The number of carbonyl (C=O) groups excluding carboxylic acids is 3. The molecule has 0 radical (unpaired) electrons. The zero-order chi connectivity index (χ0) is 30.5. The van der Waals surface area contributed by atoms with Crippen molar-refractivity contribution in [1.82, 2.24) is 4.57 Å². The molecule has 10 heteroatoms. The number of imide groups is 1. The van der Waals surface area contributed by atoms with Crippen LogP contribution in [0.1, 0.15) is 42.7 Å². The minimum Gasteiger partial charge on any atom is -0.497 e. The number of anilines is 2. The monoisotopic (exact) mass is 613 g/mol. The molecule has 0 unspecified atom stereocenters. The Bertz CT molecular complexity index is 1760. The van der Waals surface area contributed by atoms with E-state index in [9.17, 15) is 19.2 Å². The van der Waals surface area contributed by atoms with Crippen LogP contribution in [0.4, 0.5) is 11.4 Å². The minimum atomic E-state index is -0.739. The van der Waals surface area contributed by atoms with Crippen LogP contribution in [0.2, 0.25) is 0 Å². The number of para-hydroxylation sites is 1. The molecule has 0 bridgehead atoms. The number of thioether (sulfide) groups is 1. The van der Waals surface area contributed by atoms with Gasteiger partial charge in [-0.05, 0) is 52.9 Å². The zero-order valence-electron chi connectivity index (χ0n) is 24.2. The molecule has 43 heavy (non-hydrogen) atoms. The Morgan fingerprint density at radius 3 is 2.21 bits per heavy atom. The molecular formula is C33H31N3O5S2. The van der Waals surface area contributed by atoms with E-state index in [4.69, 9.17) is 4.74 Å². The second-order valence-corrected chi connectivity index (χ2v) is 13.8. The summed E-state index contributed by atoms with van der Waals surface area (Å²) in [5, 5.41) is 2.65. The third-order valence-electron chi connectivity index (χ3n) is 7.87. The number of thiazole rings is 1. The number of amides is 3. The fourth-order valence-electron chi connectivity index (χ4n) is 5.65. The second-order valence-electron chi connectivity index (χ2n) is 11.7. The summed E-state index contributed by atoms with van der Waals surface area (Å²) in [6.45, 7) is 6.18. The van der Waals surface area contributed by atoms with E-state index >= 15 is 0 Å². The Morgan fingerprint density at radius 1 is 0.907 bits per heavy atom. The van der Waals surface area contributed by atoms with Crippen molar-refractivity contribution in [2.75, 3.05) is 17.3 Å². The number of ether oxygens (including phenoxy) is 1. The van der Waals surface area contributed by atoms with Gasteiger partial charge in [0, 0.05) is 16.5 Å². The first kappa shape index (κ1) is 28.9. The molecule has 4 aromatic rings. The van der Waals surface area contributed by atoms with Crippen molar-refractivity contribution >= 4 is 52.2 Å². The van der Waals surface area contributed by atoms with Crippen LogP contribution in [0.15, 0.2) is 88.7 Å². The fourth-order valence-corrected chi connectivity index (χ4v) is 8.43. The molecule has 3 heterocycles. The number of fused-ring (bicyclic) bond motifs is 2. The maximum absolute atomic E-state index is 14.0. The molecule has 0 saturated carbocycles. The van der Waals surface area contributed by atoms with Gasteiger partial charge in [0.1, 0.15) is 17.5 Å². The average molecular weight is 614 g/mol. The third-order valence-corrected chi connectivity index (χ3v) is 10.5. The van der Waals surface area contributed by atoms with Crippen LogP contribution in [-0.2, 0) is 26.3 Å². The molecule has 3 amide bonds. The molecule has 8 nitrogen and oxygen atoms in total. The van der Waals surface area contributed by atoms with Crippen molar-refractivity contribution in [2.24, 2.45) is 5.92 Å². The van der Waals surface area contributed by atoms with Crippen molar-refractivity contribution in [3.8, 4) is 5.75 Å². The lowest BCUT2D eigenvalue weighted by Gasteiger charge is -2.31. The van der Waals surface area contributed by atoms with Crippen LogP contribution >= 0.6 is 23.1 Å². The molecule has 2 aliphatic heterocycles. The highest BCUT2D eigenvalue weighted by Gasteiger charge is 2.56. The van der Waals surface area contributed by atoms with Gasteiger partial charge in [0.15, 0.2) is 0 Å². The lowest BCUT2D eigenvalue weighted by molar-refractivity contribution is -0.122. The van der Waals surface area contributed by atoms with Crippen molar-refractivity contribution in [3.05, 3.63) is 105 Å². The standard InChI is InChI=1S/C33H31N3O5S2/c1-33(2,3)20-12-10-19(11-13-20)25-26-27(30(39)36(29(26)38)22-8-6-5-7-9-22)42-31-28(25)43-32(40)35(31)18-24(37)34-21-14-16-23(41-4)17-15-21/h5-17,25-27H,18H2,1-4H3,(H,34,37)/t25-,26-,27+/m0/s1. The van der Waals surface area contributed by atoms with Gasteiger partial charge in [-0.1, -0.05) is 86.3 Å². The number of hydrogen-bond donors (Lipinski definition) is 1. The molecule has 1 fully saturated rings. The number of rotatable bonds is 6. The van der Waals surface area contributed by atoms with Gasteiger partial charge in [-0.15, -0.1) is 0 Å². The van der Waals surface area contributed by atoms with Gasteiger partial charge in [-0.25, -0.2) is 4.90 Å². The molecule has 6 rings (SSSR count). The molecule has 3 aromatic carbocycles. The van der Waals surface area contributed by atoms with Crippen LogP contribution in [0.3, 0.4) is 0 Å². The van der Waals surface area contributed by atoms with E-state index in [1.807, 2.05) is 30.3 Å². The van der Waals surface area contributed by atoms with E-state index in [-0.39, 0.29) is 34.6 Å². The molecule has 220 valence electrons. The Kier molecular flexibility index (Phi) is 7.52. The van der Waals surface area contributed by atoms with Crippen LogP contribution < -0.4 is 19.8 Å². The first-order chi connectivity index (χ1) is 20.6. The summed E-state index contributed by atoms with van der Waals surface area (Å²) >= 11 is 2.25. The van der Waals surface area contributed by atoms with Gasteiger partial charge in [-0.3, -0.25) is 23.7 Å². The van der Waals surface area contributed by atoms with Gasteiger partial charge < -0.3 is 10.1 Å². The molecule has 0 aliphatic carbocycles. The fraction of sp³-hybridized carbons (Fsp3) is 0.273. The zero-order valence-corrected chi connectivity index (χ0v) is 25.8. The molecular weight excluding hydrogens is 583 g/mol. The molecule has 2 aliphatic rings. The van der Waals surface area contributed by atoms with Gasteiger partial charge >= 0.3 is 4.87 Å². The highest BCUT2D eigenvalue weighted by Crippen LogP contribution is 2.54. The van der Waals surface area contributed by atoms with Crippen LogP contribution in [0.5, 0.6) is 5.75 Å². The summed E-state index contributed by atoms with van der Waals surface area (Å²) in [6.07, 6.45) is 0. The predicted octanol–water partition coefficient (Wildman–Crippen LogP) is 5.65. The number of methoxy groups -OCH3 is 1. The topological polar surface area (TPSA) is 97.7 Å². The number of nitrogens with one attached hydrogen (secondary N) is 1. The Labute approximate surface area is 257 Å².